The van der Waals surface area contributed by atoms with Crippen molar-refractivity contribution in [3.8, 4) is 5.95 Å². The van der Waals surface area contributed by atoms with Crippen LogP contribution in [-0.2, 0) is 0 Å². The van der Waals surface area contributed by atoms with Gasteiger partial charge < -0.3 is 5.32 Å². The maximum Gasteiger partial charge on any atom is 0.254 e. The molecule has 1 saturated carbocycles. The fourth-order valence-electron chi connectivity index (χ4n) is 4.28. The minimum absolute atomic E-state index is 0.101. The molecule has 1 fully saturated rings. The second-order valence-electron chi connectivity index (χ2n) is 8.72. The molecule has 1 aliphatic rings. The van der Waals surface area contributed by atoms with Gasteiger partial charge in [-0.25, -0.2) is 4.98 Å². The summed E-state index contributed by atoms with van der Waals surface area (Å²) in [4.78, 5) is 14.3. The Bertz CT molecular complexity index is 1420. The van der Waals surface area contributed by atoms with Gasteiger partial charge in [0.15, 0.2) is 5.82 Å². The quantitative estimate of drug-likeness (QED) is 0.399. The number of para-hydroxylation sites is 1. The molecule has 1 N–H and O–H groups in total. The number of aromatic nitrogens is 8. The van der Waals surface area contributed by atoms with E-state index >= 15 is 0 Å². The number of nitrogens with zero attached hydrogens (tertiary/aromatic N) is 8. The van der Waals surface area contributed by atoms with Gasteiger partial charge >= 0.3 is 0 Å². The smallest absolute Gasteiger partial charge is 0.254 e. The molecule has 1 unspecified atom stereocenters. The zero-order chi connectivity index (χ0) is 22.4. The molecule has 0 amide bonds. The van der Waals surface area contributed by atoms with E-state index < -0.39 is 0 Å². The molecule has 2 atom stereocenters. The SMILES string of the molecule is CCC(C)n1ncc2nc(-n3ccnn3)nc(N[C@@H](c3cnc4ccccc4c3)C3CC3)c21. The van der Waals surface area contributed by atoms with Crippen LogP contribution < -0.4 is 5.32 Å². The van der Waals surface area contributed by atoms with Gasteiger partial charge in [0, 0.05) is 17.6 Å². The Morgan fingerprint density at radius 3 is 2.79 bits per heavy atom. The standard InChI is InChI=1S/C24H25N9/c1-3-15(2)33-22-20(14-27-33)28-24(32-11-10-26-31-32)30-23(22)29-21(16-8-9-16)18-12-17-6-4-5-7-19(17)25-13-18/h4-7,10-16,21H,3,8-9H2,1-2H3,(H,28,29,30)/t15?,21-/m1/s1. The van der Waals surface area contributed by atoms with E-state index in [9.17, 15) is 0 Å². The normalized spacial score (nSPS) is 15.7. The van der Waals surface area contributed by atoms with Gasteiger partial charge in [-0.3, -0.25) is 9.67 Å². The Hall–Kier alpha value is -3.88. The maximum atomic E-state index is 4.89. The molecule has 4 heterocycles. The monoisotopic (exact) mass is 439 g/mol. The zero-order valence-corrected chi connectivity index (χ0v) is 18.6. The van der Waals surface area contributed by atoms with Gasteiger partial charge in [-0.05, 0) is 49.8 Å². The Kier molecular flexibility index (Phi) is 4.74. The summed E-state index contributed by atoms with van der Waals surface area (Å²) in [5, 5.41) is 17.6. The van der Waals surface area contributed by atoms with E-state index in [0.29, 0.717) is 11.9 Å². The fourth-order valence-corrected chi connectivity index (χ4v) is 4.28. The average molecular weight is 440 g/mol. The first kappa shape index (κ1) is 19.8. The second kappa shape index (κ2) is 7.91. The van der Waals surface area contributed by atoms with Crippen LogP contribution in [0.1, 0.15) is 50.8 Å². The van der Waals surface area contributed by atoms with Gasteiger partial charge in [0.25, 0.3) is 5.95 Å². The van der Waals surface area contributed by atoms with E-state index in [1.165, 1.54) is 18.4 Å². The zero-order valence-electron chi connectivity index (χ0n) is 18.6. The highest BCUT2D eigenvalue weighted by Crippen LogP contribution is 2.43. The van der Waals surface area contributed by atoms with Gasteiger partial charge in [0.2, 0.25) is 0 Å². The summed E-state index contributed by atoms with van der Waals surface area (Å²) in [5.74, 6) is 1.76. The molecule has 5 aromatic rings. The minimum Gasteiger partial charge on any atom is -0.361 e. The number of nitrogens with one attached hydrogen (secondary N) is 1. The Morgan fingerprint density at radius 1 is 1.12 bits per heavy atom. The lowest BCUT2D eigenvalue weighted by atomic mass is 10.0. The van der Waals surface area contributed by atoms with E-state index in [-0.39, 0.29) is 12.1 Å². The van der Waals surface area contributed by atoms with Crippen molar-refractivity contribution in [3.63, 3.8) is 0 Å². The molecular weight excluding hydrogens is 414 g/mol. The van der Waals surface area contributed by atoms with E-state index in [2.05, 4.69) is 52.8 Å². The lowest BCUT2D eigenvalue weighted by Crippen LogP contribution is -2.17. The lowest BCUT2D eigenvalue weighted by molar-refractivity contribution is 0.492. The van der Waals surface area contributed by atoms with Crippen LogP contribution in [0.25, 0.3) is 27.9 Å². The van der Waals surface area contributed by atoms with Crippen LogP contribution in [0.2, 0.25) is 0 Å². The van der Waals surface area contributed by atoms with Crippen molar-refractivity contribution in [2.24, 2.45) is 5.92 Å². The summed E-state index contributed by atoms with van der Waals surface area (Å²) < 4.78 is 3.60. The molecule has 0 saturated heterocycles. The lowest BCUT2D eigenvalue weighted by Gasteiger charge is -2.21. The average Bonchev–Trinajstić information content (AvgIpc) is 3.36. The van der Waals surface area contributed by atoms with Crippen molar-refractivity contribution < 1.29 is 0 Å². The third kappa shape index (κ3) is 3.59. The number of hydrogen-bond donors (Lipinski definition) is 1. The van der Waals surface area contributed by atoms with Crippen molar-refractivity contribution in [2.75, 3.05) is 5.32 Å². The first-order valence-corrected chi connectivity index (χ1v) is 11.4. The van der Waals surface area contributed by atoms with Crippen molar-refractivity contribution in [1.82, 2.24) is 39.7 Å². The predicted molar refractivity (Wildman–Crippen MR) is 126 cm³/mol. The molecule has 0 radical (unpaired) electrons. The molecule has 166 valence electrons. The van der Waals surface area contributed by atoms with E-state index in [0.717, 1.165) is 34.2 Å². The number of rotatable bonds is 7. The van der Waals surface area contributed by atoms with Crippen LogP contribution in [-0.4, -0.2) is 39.7 Å². The fraction of sp³-hybridized carbons (Fsp3) is 0.333. The summed E-state index contributed by atoms with van der Waals surface area (Å²) in [7, 11) is 0. The van der Waals surface area contributed by atoms with Crippen LogP contribution in [0.4, 0.5) is 5.82 Å². The van der Waals surface area contributed by atoms with E-state index in [4.69, 9.17) is 15.0 Å². The first-order chi connectivity index (χ1) is 16.2. The van der Waals surface area contributed by atoms with Gasteiger partial charge in [-0.2, -0.15) is 14.8 Å². The largest absolute Gasteiger partial charge is 0.361 e. The third-order valence-corrected chi connectivity index (χ3v) is 6.42. The summed E-state index contributed by atoms with van der Waals surface area (Å²) in [6.45, 7) is 4.32. The minimum atomic E-state index is 0.101. The molecule has 0 spiro atoms. The molecular formula is C24H25N9. The van der Waals surface area contributed by atoms with E-state index in [1.807, 2.05) is 23.0 Å². The molecule has 0 bridgehead atoms. The van der Waals surface area contributed by atoms with Gasteiger partial charge in [-0.1, -0.05) is 30.3 Å². The molecule has 9 heteroatoms. The van der Waals surface area contributed by atoms with Crippen LogP contribution in [0.5, 0.6) is 0 Å². The van der Waals surface area contributed by atoms with Crippen molar-refractivity contribution >= 4 is 27.8 Å². The summed E-state index contributed by atoms with van der Waals surface area (Å²) in [5.41, 5.74) is 3.86. The van der Waals surface area contributed by atoms with Gasteiger partial charge in [0.1, 0.15) is 11.0 Å². The van der Waals surface area contributed by atoms with Gasteiger partial charge in [0.05, 0.1) is 30.1 Å². The third-order valence-electron chi connectivity index (χ3n) is 6.42. The van der Waals surface area contributed by atoms with Crippen LogP contribution >= 0.6 is 0 Å². The number of hydrogen-bond acceptors (Lipinski definition) is 7. The topological polar surface area (TPSA) is 99.2 Å². The Balaban J connectivity index is 1.48. The molecule has 1 aromatic carbocycles. The highest BCUT2D eigenvalue weighted by Gasteiger charge is 2.34. The van der Waals surface area contributed by atoms with Gasteiger partial charge in [-0.15, -0.1) is 5.10 Å². The second-order valence-corrected chi connectivity index (χ2v) is 8.72. The highest BCUT2D eigenvalue weighted by molar-refractivity contribution is 5.86. The number of anilines is 1. The summed E-state index contributed by atoms with van der Waals surface area (Å²) in [6, 6.07) is 10.8. The molecule has 1 aliphatic carbocycles. The summed E-state index contributed by atoms with van der Waals surface area (Å²) >= 11 is 0. The van der Waals surface area contributed by atoms with Crippen LogP contribution in [0.15, 0.2) is 55.1 Å². The maximum absolute atomic E-state index is 4.89. The Labute approximate surface area is 190 Å². The van der Waals surface area contributed by atoms with E-state index in [1.54, 1.807) is 23.3 Å². The van der Waals surface area contributed by atoms with Crippen LogP contribution in [0.3, 0.4) is 0 Å². The van der Waals surface area contributed by atoms with Crippen LogP contribution in [0, 0.1) is 5.92 Å². The first-order valence-electron chi connectivity index (χ1n) is 11.4. The molecule has 9 nitrogen and oxygen atoms in total. The van der Waals surface area contributed by atoms with Crippen molar-refractivity contribution in [3.05, 3.63) is 60.7 Å². The highest BCUT2D eigenvalue weighted by atomic mass is 15.5. The number of pyridine rings is 1. The molecule has 4 aromatic heterocycles. The number of fused-ring (bicyclic) bond motifs is 2. The van der Waals surface area contributed by atoms with Crippen molar-refractivity contribution in [2.45, 2.75) is 45.2 Å². The molecule has 6 rings (SSSR count). The number of benzene rings is 1. The molecule has 33 heavy (non-hydrogen) atoms. The predicted octanol–water partition coefficient (Wildman–Crippen LogP) is 4.49. The Morgan fingerprint density at radius 2 is 2.00 bits per heavy atom. The molecule has 0 aliphatic heterocycles. The summed E-state index contributed by atoms with van der Waals surface area (Å²) in [6.07, 6.45) is 10.5. The van der Waals surface area contributed by atoms with Crippen molar-refractivity contribution in [1.29, 1.82) is 0 Å².